The summed E-state index contributed by atoms with van der Waals surface area (Å²) < 4.78 is 21.2. The highest BCUT2D eigenvalue weighted by Gasteiger charge is 2.28. The van der Waals surface area contributed by atoms with E-state index < -0.39 is 26.6 Å². The van der Waals surface area contributed by atoms with Gasteiger partial charge in [-0.15, -0.1) is 0 Å². The minimum Gasteiger partial charge on any atom is -0.457 e. The number of ether oxygens (including phenoxy) is 1. The van der Waals surface area contributed by atoms with Crippen molar-refractivity contribution in [1.82, 2.24) is 0 Å². The Bertz CT molecular complexity index is 1020. The number of aryl methyl sites for hydroxylation is 1. The van der Waals surface area contributed by atoms with Crippen LogP contribution in [0.15, 0.2) is 78.9 Å². The lowest BCUT2D eigenvalue weighted by Crippen LogP contribution is -2.48. The van der Waals surface area contributed by atoms with Crippen LogP contribution in [0.5, 0.6) is 11.5 Å². The van der Waals surface area contributed by atoms with Gasteiger partial charge in [-0.3, -0.25) is 4.52 Å². The molecule has 0 amide bonds. The van der Waals surface area contributed by atoms with Crippen LogP contribution in [0.4, 0.5) is 0 Å². The standard InChI is InChI=1S/C24H28NO6P/c25-24(17-26,18-30-32(27,28)29)15-14-19-6-10-22(11-7-19)31-23-12-8-21(9-13-23)16-20-4-2-1-3-5-20/h1-13,26H,14-18,25H2,(H2,27,28,29). The van der Waals surface area contributed by atoms with E-state index in [1.807, 2.05) is 66.7 Å². The van der Waals surface area contributed by atoms with E-state index in [9.17, 15) is 9.67 Å². The van der Waals surface area contributed by atoms with Gasteiger partial charge in [-0.2, -0.15) is 0 Å². The summed E-state index contributed by atoms with van der Waals surface area (Å²) >= 11 is 0. The lowest BCUT2D eigenvalue weighted by Gasteiger charge is -2.27. The molecule has 0 aliphatic rings. The molecule has 0 aliphatic heterocycles. The van der Waals surface area contributed by atoms with Crippen molar-refractivity contribution in [1.29, 1.82) is 0 Å². The molecule has 32 heavy (non-hydrogen) atoms. The fourth-order valence-electron chi connectivity index (χ4n) is 3.17. The molecule has 3 rings (SSSR count). The van der Waals surface area contributed by atoms with Gasteiger partial charge in [-0.05, 0) is 60.2 Å². The molecule has 1 unspecified atom stereocenters. The maximum absolute atomic E-state index is 10.9. The number of benzene rings is 3. The zero-order valence-electron chi connectivity index (χ0n) is 17.6. The van der Waals surface area contributed by atoms with Crippen LogP contribution in [-0.2, 0) is 21.9 Å². The van der Waals surface area contributed by atoms with Crippen molar-refractivity contribution < 1.29 is 28.7 Å². The number of aliphatic hydroxyl groups is 1. The summed E-state index contributed by atoms with van der Waals surface area (Å²) in [7, 11) is -4.64. The molecular weight excluding hydrogens is 429 g/mol. The second-order valence-corrected chi connectivity index (χ2v) is 9.08. The van der Waals surface area contributed by atoms with E-state index in [1.165, 1.54) is 11.1 Å². The number of hydrogen-bond acceptors (Lipinski definition) is 5. The zero-order valence-corrected chi connectivity index (χ0v) is 18.5. The highest BCUT2D eigenvalue weighted by atomic mass is 31.2. The summed E-state index contributed by atoms with van der Waals surface area (Å²) in [6, 6.07) is 25.7. The Hall–Kier alpha value is -2.51. The fourth-order valence-corrected chi connectivity index (χ4v) is 3.60. The molecule has 5 N–H and O–H groups in total. The highest BCUT2D eigenvalue weighted by Crippen LogP contribution is 2.37. The van der Waals surface area contributed by atoms with Gasteiger partial charge in [0.1, 0.15) is 11.5 Å². The third-order valence-corrected chi connectivity index (χ3v) is 5.55. The largest absolute Gasteiger partial charge is 0.469 e. The predicted octanol–water partition coefficient (Wildman–Crippen LogP) is 3.80. The van der Waals surface area contributed by atoms with Gasteiger partial charge < -0.3 is 25.4 Å². The van der Waals surface area contributed by atoms with Crippen molar-refractivity contribution in [3.05, 3.63) is 95.6 Å². The first-order chi connectivity index (χ1) is 15.2. The third kappa shape index (κ3) is 7.88. The van der Waals surface area contributed by atoms with Crippen molar-refractivity contribution >= 4 is 7.82 Å². The summed E-state index contributed by atoms with van der Waals surface area (Å²) in [6.07, 6.45) is 1.67. The molecule has 0 aromatic heterocycles. The minimum absolute atomic E-state index is 0.298. The van der Waals surface area contributed by atoms with Crippen LogP contribution in [0.25, 0.3) is 0 Å². The van der Waals surface area contributed by atoms with Crippen LogP contribution in [0.3, 0.4) is 0 Å². The molecule has 1 atom stereocenters. The van der Waals surface area contributed by atoms with Crippen molar-refractivity contribution in [2.45, 2.75) is 24.8 Å². The van der Waals surface area contributed by atoms with Crippen LogP contribution < -0.4 is 10.5 Å². The first-order valence-corrected chi connectivity index (χ1v) is 11.8. The molecule has 0 spiro atoms. The van der Waals surface area contributed by atoms with Crippen LogP contribution in [0.1, 0.15) is 23.1 Å². The Morgan fingerprint density at radius 2 is 1.34 bits per heavy atom. The quantitative estimate of drug-likeness (QED) is 0.323. The Balaban J connectivity index is 1.52. The molecule has 0 fully saturated rings. The number of rotatable bonds is 11. The molecule has 3 aromatic rings. The molecule has 0 aliphatic carbocycles. The fraction of sp³-hybridized carbons (Fsp3) is 0.250. The summed E-state index contributed by atoms with van der Waals surface area (Å²) in [5, 5.41) is 9.49. The van der Waals surface area contributed by atoms with Crippen molar-refractivity contribution in [3.63, 3.8) is 0 Å². The van der Waals surface area contributed by atoms with Gasteiger partial charge in [0.15, 0.2) is 0 Å². The van der Waals surface area contributed by atoms with E-state index in [4.69, 9.17) is 20.3 Å². The molecule has 0 heterocycles. The van der Waals surface area contributed by atoms with Gasteiger partial charge in [0.05, 0.1) is 18.8 Å². The zero-order chi connectivity index (χ0) is 23.0. The lowest BCUT2D eigenvalue weighted by atomic mass is 9.94. The van der Waals surface area contributed by atoms with Gasteiger partial charge in [0.25, 0.3) is 0 Å². The van der Waals surface area contributed by atoms with Crippen molar-refractivity contribution in [2.75, 3.05) is 13.2 Å². The maximum Gasteiger partial charge on any atom is 0.469 e. The second-order valence-electron chi connectivity index (χ2n) is 7.84. The van der Waals surface area contributed by atoms with Crippen molar-refractivity contribution in [2.24, 2.45) is 5.73 Å². The topological polar surface area (TPSA) is 122 Å². The van der Waals surface area contributed by atoms with E-state index in [-0.39, 0.29) is 0 Å². The Morgan fingerprint density at radius 3 is 1.88 bits per heavy atom. The maximum atomic E-state index is 10.9. The van der Waals surface area contributed by atoms with E-state index in [0.29, 0.717) is 18.6 Å². The van der Waals surface area contributed by atoms with Gasteiger partial charge in [0, 0.05) is 0 Å². The Kier molecular flexibility index (Phi) is 8.21. The Morgan fingerprint density at radius 1 is 0.812 bits per heavy atom. The van der Waals surface area contributed by atoms with E-state index in [2.05, 4.69) is 16.7 Å². The third-order valence-electron chi connectivity index (χ3n) is 5.08. The summed E-state index contributed by atoms with van der Waals surface area (Å²) in [5.41, 5.74) is 8.18. The molecule has 0 radical (unpaired) electrons. The monoisotopic (exact) mass is 457 g/mol. The number of hydrogen-bond donors (Lipinski definition) is 4. The van der Waals surface area contributed by atoms with Gasteiger partial charge in [-0.1, -0.05) is 54.6 Å². The summed E-state index contributed by atoms with van der Waals surface area (Å²) in [4.78, 5) is 17.7. The number of phosphoric acid groups is 1. The van der Waals surface area contributed by atoms with Crippen LogP contribution >= 0.6 is 7.82 Å². The van der Waals surface area contributed by atoms with E-state index in [1.54, 1.807) is 0 Å². The second kappa shape index (κ2) is 10.9. The average Bonchev–Trinajstić information content (AvgIpc) is 2.79. The lowest BCUT2D eigenvalue weighted by molar-refractivity contribution is 0.102. The van der Waals surface area contributed by atoms with E-state index >= 15 is 0 Å². The molecule has 8 heteroatoms. The molecule has 3 aromatic carbocycles. The molecule has 170 valence electrons. The molecule has 0 saturated carbocycles. The van der Waals surface area contributed by atoms with Crippen LogP contribution in [0, 0.1) is 0 Å². The van der Waals surface area contributed by atoms with Crippen LogP contribution in [-0.4, -0.2) is 33.6 Å². The first kappa shape index (κ1) is 24.1. The van der Waals surface area contributed by atoms with Crippen LogP contribution in [0.2, 0.25) is 0 Å². The smallest absolute Gasteiger partial charge is 0.457 e. The molecule has 7 nitrogen and oxygen atoms in total. The Labute approximate surface area is 187 Å². The van der Waals surface area contributed by atoms with Gasteiger partial charge in [-0.25, -0.2) is 4.57 Å². The van der Waals surface area contributed by atoms with Gasteiger partial charge in [0.2, 0.25) is 0 Å². The predicted molar refractivity (Wildman–Crippen MR) is 123 cm³/mol. The first-order valence-electron chi connectivity index (χ1n) is 10.2. The highest BCUT2D eigenvalue weighted by molar-refractivity contribution is 7.46. The SMILES string of the molecule is NC(CO)(CCc1ccc(Oc2ccc(Cc3ccccc3)cc2)cc1)COP(=O)(O)O. The minimum atomic E-state index is -4.64. The average molecular weight is 457 g/mol. The normalized spacial score (nSPS) is 13.5. The molecule has 0 saturated heterocycles. The molecular formula is C24H28NO6P. The van der Waals surface area contributed by atoms with Gasteiger partial charge >= 0.3 is 7.82 Å². The molecule has 0 bridgehead atoms. The van der Waals surface area contributed by atoms with Crippen molar-refractivity contribution in [3.8, 4) is 11.5 Å². The van der Waals surface area contributed by atoms with E-state index in [0.717, 1.165) is 17.7 Å². The number of aliphatic hydroxyl groups excluding tert-OH is 1. The summed E-state index contributed by atoms with van der Waals surface area (Å²) in [6.45, 7) is -0.885. The number of phosphoric ester groups is 1. The summed E-state index contributed by atoms with van der Waals surface area (Å²) in [5.74, 6) is 1.43. The number of nitrogens with two attached hydrogens (primary N) is 1.